The van der Waals surface area contributed by atoms with Crippen molar-refractivity contribution in [2.75, 3.05) is 19.0 Å². The van der Waals surface area contributed by atoms with Crippen LogP contribution in [0.1, 0.15) is 6.92 Å². The van der Waals surface area contributed by atoms with E-state index in [1.165, 1.54) is 7.11 Å². The van der Waals surface area contributed by atoms with Gasteiger partial charge in [0.05, 0.1) is 0 Å². The van der Waals surface area contributed by atoms with Gasteiger partial charge in [0.25, 0.3) is 5.91 Å². The molecule has 5 nitrogen and oxygen atoms in total. The maximum absolute atomic E-state index is 11.5. The fourth-order valence-electron chi connectivity index (χ4n) is 1.13. The van der Waals surface area contributed by atoms with E-state index in [1.54, 1.807) is 31.2 Å². The minimum absolute atomic E-state index is 0.0220. The van der Waals surface area contributed by atoms with Gasteiger partial charge < -0.3 is 14.8 Å². The fourth-order valence-corrected chi connectivity index (χ4v) is 1.13. The molecule has 0 aromatic heterocycles. The van der Waals surface area contributed by atoms with E-state index in [0.717, 1.165) is 0 Å². The first-order chi connectivity index (χ1) is 8.17. The van der Waals surface area contributed by atoms with Crippen LogP contribution in [0.4, 0.5) is 5.69 Å². The summed E-state index contributed by atoms with van der Waals surface area (Å²) in [6, 6.07) is 8.71. The van der Waals surface area contributed by atoms with Crippen molar-refractivity contribution in [3.63, 3.8) is 0 Å². The molecule has 1 amide bonds. The maximum Gasteiger partial charge on any atom is 0.253 e. The van der Waals surface area contributed by atoms with Crippen LogP contribution in [0.25, 0.3) is 0 Å². The number of rotatable bonds is 5. The van der Waals surface area contributed by atoms with Crippen molar-refractivity contribution < 1.29 is 14.3 Å². The minimum Gasteiger partial charge on any atom is -0.479 e. The number of nitrogens with zero attached hydrogens (tertiary/aromatic N) is 1. The van der Waals surface area contributed by atoms with Gasteiger partial charge in [-0.25, -0.2) is 0 Å². The van der Waals surface area contributed by atoms with Crippen molar-refractivity contribution in [3.05, 3.63) is 24.3 Å². The molecule has 1 N–H and O–H groups in total. The second kappa shape index (κ2) is 6.51. The Morgan fingerprint density at radius 3 is 3.00 bits per heavy atom. The lowest BCUT2D eigenvalue weighted by molar-refractivity contribution is -0.124. The molecule has 1 aromatic rings. The fraction of sp³-hybridized carbons (Fsp3) is 0.333. The van der Waals surface area contributed by atoms with Crippen LogP contribution in [-0.4, -0.2) is 25.7 Å². The Balaban J connectivity index is 2.66. The highest BCUT2D eigenvalue weighted by Gasteiger charge is 2.11. The summed E-state index contributed by atoms with van der Waals surface area (Å²) in [4.78, 5) is 11.5. The largest absolute Gasteiger partial charge is 0.479 e. The third kappa shape index (κ3) is 4.13. The maximum atomic E-state index is 11.5. The zero-order chi connectivity index (χ0) is 12.7. The molecule has 0 spiro atoms. The SMILES string of the molecule is COC(C)C(=O)Nc1cccc(OCC#N)c1. The van der Waals surface area contributed by atoms with Crippen molar-refractivity contribution in [2.24, 2.45) is 0 Å². The number of carbonyl (C=O) groups excluding carboxylic acids is 1. The normalized spacial score (nSPS) is 11.4. The standard InChI is InChI=1S/C12H14N2O3/c1-9(16-2)12(15)14-10-4-3-5-11(8-10)17-7-6-13/h3-5,8-9H,7H2,1-2H3,(H,14,15). The first-order valence-electron chi connectivity index (χ1n) is 5.11. The number of anilines is 1. The van der Waals surface area contributed by atoms with Crippen molar-refractivity contribution in [3.8, 4) is 11.8 Å². The van der Waals surface area contributed by atoms with Crippen LogP contribution >= 0.6 is 0 Å². The number of hydrogen-bond acceptors (Lipinski definition) is 4. The molecule has 0 aliphatic heterocycles. The van der Waals surface area contributed by atoms with Crippen molar-refractivity contribution >= 4 is 11.6 Å². The summed E-state index contributed by atoms with van der Waals surface area (Å²) in [6.07, 6.45) is -0.515. The van der Waals surface area contributed by atoms with Crippen LogP contribution < -0.4 is 10.1 Å². The van der Waals surface area contributed by atoms with E-state index in [-0.39, 0.29) is 12.5 Å². The lowest BCUT2D eigenvalue weighted by Crippen LogP contribution is -2.26. The molecular weight excluding hydrogens is 220 g/mol. The summed E-state index contributed by atoms with van der Waals surface area (Å²) >= 11 is 0. The van der Waals surface area contributed by atoms with Gasteiger partial charge >= 0.3 is 0 Å². The van der Waals surface area contributed by atoms with Crippen LogP contribution in [0.2, 0.25) is 0 Å². The predicted octanol–water partition coefficient (Wildman–Crippen LogP) is 1.56. The number of benzene rings is 1. The number of carbonyl (C=O) groups is 1. The Hall–Kier alpha value is -2.06. The summed E-state index contributed by atoms with van der Waals surface area (Å²) in [6.45, 7) is 1.64. The van der Waals surface area contributed by atoms with Gasteiger partial charge in [-0.1, -0.05) is 6.07 Å². The number of amides is 1. The summed E-state index contributed by atoms with van der Waals surface area (Å²) in [5, 5.41) is 11.1. The van der Waals surface area contributed by atoms with E-state index in [4.69, 9.17) is 14.7 Å². The summed E-state index contributed by atoms with van der Waals surface area (Å²) in [5.74, 6) is 0.305. The van der Waals surface area contributed by atoms with E-state index >= 15 is 0 Å². The predicted molar refractivity (Wildman–Crippen MR) is 62.7 cm³/mol. The van der Waals surface area contributed by atoms with Gasteiger partial charge in [-0.3, -0.25) is 4.79 Å². The summed E-state index contributed by atoms with van der Waals surface area (Å²) in [7, 11) is 1.47. The van der Waals surface area contributed by atoms with Crippen LogP contribution in [-0.2, 0) is 9.53 Å². The van der Waals surface area contributed by atoms with E-state index in [0.29, 0.717) is 11.4 Å². The molecule has 0 heterocycles. The molecule has 0 aliphatic rings. The molecule has 17 heavy (non-hydrogen) atoms. The Labute approximate surface area is 100.0 Å². The van der Waals surface area contributed by atoms with Gasteiger partial charge in [0.2, 0.25) is 0 Å². The van der Waals surface area contributed by atoms with Crippen LogP contribution in [0, 0.1) is 11.3 Å². The molecule has 0 saturated carbocycles. The van der Waals surface area contributed by atoms with E-state index in [1.807, 2.05) is 6.07 Å². The lowest BCUT2D eigenvalue weighted by atomic mass is 10.3. The number of nitriles is 1. The molecule has 0 bridgehead atoms. The second-order valence-electron chi connectivity index (χ2n) is 3.34. The van der Waals surface area contributed by atoms with Crippen molar-refractivity contribution in [1.29, 1.82) is 5.26 Å². The Morgan fingerprint density at radius 2 is 2.35 bits per heavy atom. The van der Waals surface area contributed by atoms with Crippen LogP contribution in [0.5, 0.6) is 5.75 Å². The second-order valence-corrected chi connectivity index (χ2v) is 3.34. The third-order valence-corrected chi connectivity index (χ3v) is 2.13. The van der Waals surface area contributed by atoms with Gasteiger partial charge in [0.1, 0.15) is 17.9 Å². The average Bonchev–Trinajstić information content (AvgIpc) is 2.35. The number of methoxy groups -OCH3 is 1. The molecular formula is C12H14N2O3. The molecule has 0 saturated heterocycles. The van der Waals surface area contributed by atoms with Gasteiger partial charge in [0.15, 0.2) is 6.61 Å². The first kappa shape index (κ1) is 13.0. The van der Waals surface area contributed by atoms with Crippen molar-refractivity contribution in [1.82, 2.24) is 0 Å². The molecule has 0 aliphatic carbocycles. The Kier molecular flexibility index (Phi) is 4.98. The average molecular weight is 234 g/mol. The first-order valence-corrected chi connectivity index (χ1v) is 5.11. The lowest BCUT2D eigenvalue weighted by Gasteiger charge is -2.11. The molecule has 0 radical (unpaired) electrons. The highest BCUT2D eigenvalue weighted by atomic mass is 16.5. The number of nitrogens with one attached hydrogen (secondary N) is 1. The quantitative estimate of drug-likeness (QED) is 0.839. The Bertz CT molecular complexity index is 426. The molecule has 1 unspecified atom stereocenters. The highest BCUT2D eigenvalue weighted by Crippen LogP contribution is 2.17. The van der Waals surface area contributed by atoms with Gasteiger partial charge in [-0.15, -0.1) is 0 Å². The zero-order valence-electron chi connectivity index (χ0n) is 9.77. The van der Waals surface area contributed by atoms with E-state index in [2.05, 4.69) is 5.32 Å². The van der Waals surface area contributed by atoms with Crippen LogP contribution in [0.15, 0.2) is 24.3 Å². The smallest absolute Gasteiger partial charge is 0.253 e. The highest BCUT2D eigenvalue weighted by molar-refractivity contribution is 5.94. The number of hydrogen-bond donors (Lipinski definition) is 1. The zero-order valence-corrected chi connectivity index (χ0v) is 9.77. The van der Waals surface area contributed by atoms with Crippen LogP contribution in [0.3, 0.4) is 0 Å². The molecule has 1 atom stereocenters. The summed E-state index contributed by atoms with van der Waals surface area (Å²) in [5.41, 5.74) is 0.606. The number of ether oxygens (including phenoxy) is 2. The van der Waals surface area contributed by atoms with Gasteiger partial charge in [0, 0.05) is 18.9 Å². The molecule has 1 aromatic carbocycles. The molecule has 1 rings (SSSR count). The van der Waals surface area contributed by atoms with E-state index < -0.39 is 6.10 Å². The summed E-state index contributed by atoms with van der Waals surface area (Å²) < 4.78 is 10.0. The molecule has 90 valence electrons. The minimum atomic E-state index is -0.515. The van der Waals surface area contributed by atoms with Crippen molar-refractivity contribution in [2.45, 2.75) is 13.0 Å². The van der Waals surface area contributed by atoms with Gasteiger partial charge in [-0.05, 0) is 19.1 Å². The monoisotopic (exact) mass is 234 g/mol. The van der Waals surface area contributed by atoms with Gasteiger partial charge in [-0.2, -0.15) is 5.26 Å². The molecule has 5 heteroatoms. The molecule has 0 fully saturated rings. The Morgan fingerprint density at radius 1 is 1.59 bits per heavy atom. The van der Waals surface area contributed by atoms with E-state index in [9.17, 15) is 4.79 Å². The topological polar surface area (TPSA) is 71.3 Å². The third-order valence-electron chi connectivity index (χ3n) is 2.13.